The van der Waals surface area contributed by atoms with E-state index in [0.29, 0.717) is 4.47 Å². The van der Waals surface area contributed by atoms with Gasteiger partial charge in [-0.1, -0.05) is 15.9 Å². The Kier molecular flexibility index (Phi) is 7.12. The van der Waals surface area contributed by atoms with Crippen LogP contribution in [0.1, 0.15) is 19.4 Å². The Morgan fingerprint density at radius 2 is 2.07 bits per heavy atom. The van der Waals surface area contributed by atoms with Gasteiger partial charge in [0.05, 0.1) is 23.9 Å². The third-order valence-electron chi connectivity index (χ3n) is 3.58. The molecule has 7 nitrogen and oxygen atoms in total. The molecule has 1 aromatic carbocycles. The van der Waals surface area contributed by atoms with Crippen LogP contribution in [0.4, 0.5) is 9.18 Å². The topological polar surface area (TPSA) is 93.7 Å². The Hall–Kier alpha value is -2.68. The van der Waals surface area contributed by atoms with Crippen molar-refractivity contribution in [2.75, 3.05) is 13.2 Å². The highest BCUT2D eigenvalue weighted by Crippen LogP contribution is 2.17. The maximum Gasteiger partial charge on any atom is 0.338 e. The summed E-state index contributed by atoms with van der Waals surface area (Å²) in [4.78, 5) is 35.6. The lowest BCUT2D eigenvalue weighted by molar-refractivity contribution is -0.140. The van der Waals surface area contributed by atoms with Crippen molar-refractivity contribution in [3.8, 4) is 0 Å². The van der Waals surface area contributed by atoms with Crippen LogP contribution in [0, 0.1) is 5.82 Å². The second-order valence-corrected chi connectivity index (χ2v) is 6.46. The van der Waals surface area contributed by atoms with Crippen LogP contribution in [0.15, 0.2) is 40.0 Å². The van der Waals surface area contributed by atoms with Crippen LogP contribution in [0.25, 0.3) is 6.08 Å². The second-order valence-electron chi connectivity index (χ2n) is 5.54. The minimum atomic E-state index is -0.759. The molecule has 0 radical (unpaired) electrons. The maximum atomic E-state index is 13.7. The average molecular weight is 441 g/mol. The average Bonchev–Trinajstić information content (AvgIpc) is 2.60. The molecule has 1 aliphatic rings. The normalized spacial score (nSPS) is 16.7. The first-order valence-corrected chi connectivity index (χ1v) is 8.88. The van der Waals surface area contributed by atoms with Crippen LogP contribution in [0.5, 0.6) is 0 Å². The molecule has 2 amide bonds. The third-order valence-corrected chi connectivity index (χ3v) is 4.07. The van der Waals surface area contributed by atoms with Gasteiger partial charge in [-0.3, -0.25) is 0 Å². The molecule has 2 rings (SSSR count). The summed E-state index contributed by atoms with van der Waals surface area (Å²) in [6.45, 7) is 3.10. The molecule has 9 heteroatoms. The summed E-state index contributed by atoms with van der Waals surface area (Å²) < 4.78 is 24.3. The van der Waals surface area contributed by atoms with Gasteiger partial charge in [-0.25, -0.2) is 18.8 Å². The molecule has 1 aliphatic heterocycles. The zero-order chi connectivity index (χ0) is 20.0. The van der Waals surface area contributed by atoms with Crippen molar-refractivity contribution in [2.24, 2.45) is 0 Å². The van der Waals surface area contributed by atoms with E-state index in [1.807, 2.05) is 0 Å². The van der Waals surface area contributed by atoms with Gasteiger partial charge in [0.15, 0.2) is 0 Å². The molecule has 0 bridgehead atoms. The van der Waals surface area contributed by atoms with E-state index in [1.54, 1.807) is 13.8 Å². The number of hydrogen-bond donors (Lipinski definition) is 2. The first-order valence-electron chi connectivity index (χ1n) is 8.09. The summed E-state index contributed by atoms with van der Waals surface area (Å²) in [5.41, 5.74) is 0.517. The van der Waals surface area contributed by atoms with Crippen molar-refractivity contribution < 1.29 is 28.2 Å². The van der Waals surface area contributed by atoms with E-state index >= 15 is 0 Å². The fraction of sp³-hybridized carbons (Fsp3) is 0.278. The number of ether oxygens (including phenoxy) is 2. The molecule has 0 aliphatic carbocycles. The Balaban J connectivity index is 2.09. The number of urea groups is 1. The molecule has 0 aromatic heterocycles. The number of benzene rings is 1. The number of carbonyl (C=O) groups excluding carboxylic acids is 3. The number of amides is 2. The molecule has 1 unspecified atom stereocenters. The summed E-state index contributed by atoms with van der Waals surface area (Å²) in [5.74, 6) is -1.87. The first kappa shape index (κ1) is 20.6. The molecule has 0 spiro atoms. The summed E-state index contributed by atoms with van der Waals surface area (Å²) in [5, 5.41) is 4.98. The molecule has 2 N–H and O–H groups in total. The molecule has 27 heavy (non-hydrogen) atoms. The van der Waals surface area contributed by atoms with E-state index < -0.39 is 29.8 Å². The Bertz CT molecular complexity index is 822. The largest absolute Gasteiger partial charge is 0.463 e. The Morgan fingerprint density at radius 1 is 1.33 bits per heavy atom. The lowest BCUT2D eigenvalue weighted by Crippen LogP contribution is -2.50. The molecule has 1 aromatic rings. The van der Waals surface area contributed by atoms with Gasteiger partial charge in [0.1, 0.15) is 12.4 Å². The van der Waals surface area contributed by atoms with Crippen LogP contribution in [0.2, 0.25) is 0 Å². The highest BCUT2D eigenvalue weighted by molar-refractivity contribution is 9.10. The van der Waals surface area contributed by atoms with Gasteiger partial charge >= 0.3 is 18.0 Å². The first-order chi connectivity index (χ1) is 12.8. The molecule has 144 valence electrons. The highest BCUT2D eigenvalue weighted by atomic mass is 79.9. The summed E-state index contributed by atoms with van der Waals surface area (Å²) >= 11 is 3.22. The summed E-state index contributed by atoms with van der Waals surface area (Å²) in [6, 6.07) is 3.19. The molecule has 0 fully saturated rings. The number of rotatable bonds is 6. The minimum absolute atomic E-state index is 0.139. The quantitative estimate of drug-likeness (QED) is 0.523. The van der Waals surface area contributed by atoms with Crippen molar-refractivity contribution in [1.82, 2.24) is 10.6 Å². The SMILES string of the molecule is CCOC(=O)C1=C(COC(=O)C=Cc2cc(Br)ccc2F)NC(=O)NC1C. The van der Waals surface area contributed by atoms with Crippen molar-refractivity contribution >= 4 is 40.0 Å². The fourth-order valence-corrected chi connectivity index (χ4v) is 2.76. The second kappa shape index (κ2) is 9.31. The van der Waals surface area contributed by atoms with E-state index in [2.05, 4.69) is 26.6 Å². The number of halogens is 2. The van der Waals surface area contributed by atoms with E-state index in [4.69, 9.17) is 9.47 Å². The predicted octanol–water partition coefficient (Wildman–Crippen LogP) is 2.66. The van der Waals surface area contributed by atoms with Crippen LogP contribution in [0.3, 0.4) is 0 Å². The third kappa shape index (κ3) is 5.65. The van der Waals surface area contributed by atoms with Gasteiger partial charge in [-0.05, 0) is 38.1 Å². The van der Waals surface area contributed by atoms with Crippen LogP contribution >= 0.6 is 15.9 Å². The van der Waals surface area contributed by atoms with E-state index in [-0.39, 0.29) is 30.0 Å². The van der Waals surface area contributed by atoms with E-state index in [1.165, 1.54) is 24.3 Å². The zero-order valence-electron chi connectivity index (χ0n) is 14.7. The van der Waals surface area contributed by atoms with Crippen LogP contribution in [-0.2, 0) is 19.1 Å². The summed E-state index contributed by atoms with van der Waals surface area (Å²) in [7, 11) is 0. The van der Waals surface area contributed by atoms with Crippen molar-refractivity contribution in [3.63, 3.8) is 0 Å². The standard InChI is InChI=1S/C18H18BrFN2O5/c1-3-26-17(24)16-10(2)21-18(25)22-14(16)9-27-15(23)7-4-11-8-12(19)5-6-13(11)20/h4-8,10H,3,9H2,1-2H3,(H2,21,22,25). The summed E-state index contributed by atoms with van der Waals surface area (Å²) in [6.07, 6.45) is 2.33. The van der Waals surface area contributed by atoms with Crippen LogP contribution < -0.4 is 10.6 Å². The maximum absolute atomic E-state index is 13.7. The van der Waals surface area contributed by atoms with Gasteiger partial charge < -0.3 is 20.1 Å². The van der Waals surface area contributed by atoms with Crippen LogP contribution in [-0.4, -0.2) is 37.2 Å². The lowest BCUT2D eigenvalue weighted by atomic mass is 10.0. The Labute approximate surface area is 163 Å². The lowest BCUT2D eigenvalue weighted by Gasteiger charge is -2.26. The number of carbonyl (C=O) groups is 3. The highest BCUT2D eigenvalue weighted by Gasteiger charge is 2.30. The fourth-order valence-electron chi connectivity index (χ4n) is 2.38. The van der Waals surface area contributed by atoms with Crippen molar-refractivity contribution in [1.29, 1.82) is 0 Å². The van der Waals surface area contributed by atoms with Crippen molar-refractivity contribution in [2.45, 2.75) is 19.9 Å². The van der Waals surface area contributed by atoms with E-state index in [0.717, 1.165) is 6.08 Å². The predicted molar refractivity (Wildman–Crippen MR) is 98.9 cm³/mol. The number of esters is 2. The van der Waals surface area contributed by atoms with Gasteiger partial charge in [-0.2, -0.15) is 0 Å². The molecule has 1 heterocycles. The van der Waals surface area contributed by atoms with Gasteiger partial charge in [-0.15, -0.1) is 0 Å². The monoisotopic (exact) mass is 440 g/mol. The number of hydrogen-bond acceptors (Lipinski definition) is 5. The van der Waals surface area contributed by atoms with Gasteiger partial charge in [0.2, 0.25) is 0 Å². The molecule has 0 saturated heterocycles. The molecule has 0 saturated carbocycles. The van der Waals surface area contributed by atoms with Crippen molar-refractivity contribution in [3.05, 3.63) is 51.4 Å². The van der Waals surface area contributed by atoms with Gasteiger partial charge in [0, 0.05) is 16.1 Å². The molecule has 1 atom stereocenters. The molecular weight excluding hydrogens is 423 g/mol. The zero-order valence-corrected chi connectivity index (χ0v) is 16.3. The number of nitrogens with one attached hydrogen (secondary N) is 2. The van der Waals surface area contributed by atoms with E-state index in [9.17, 15) is 18.8 Å². The smallest absolute Gasteiger partial charge is 0.338 e. The minimum Gasteiger partial charge on any atom is -0.463 e. The van der Waals surface area contributed by atoms with Gasteiger partial charge in [0.25, 0.3) is 0 Å². The Morgan fingerprint density at radius 3 is 2.78 bits per heavy atom. The molecular formula is C18H18BrFN2O5.